The summed E-state index contributed by atoms with van der Waals surface area (Å²) in [4.78, 5) is -0.00913. The average Bonchev–Trinajstić information content (AvgIpc) is 2.49. The first kappa shape index (κ1) is 15.1. The molecular weight excluding hydrogens is 284 g/mol. The minimum absolute atomic E-state index is 0.00913. The Morgan fingerprint density at radius 1 is 1.10 bits per heavy atom. The largest absolute Gasteiger partial charge is 0.280 e. The maximum atomic E-state index is 12.3. The summed E-state index contributed by atoms with van der Waals surface area (Å²) in [6, 6.07) is 15.3. The number of benzene rings is 2. The first-order valence-electron chi connectivity index (χ1n) is 6.67. The topological polar surface area (TPSA) is 70.0 Å². The van der Waals surface area contributed by atoms with Gasteiger partial charge in [0.1, 0.15) is 11.0 Å². The smallest absolute Gasteiger partial charge is 0.263 e. The van der Waals surface area contributed by atoms with Crippen LogP contribution < -0.4 is 4.72 Å². The van der Waals surface area contributed by atoms with E-state index in [1.807, 2.05) is 18.2 Å². The number of nitrogens with one attached hydrogen (secondary N) is 1. The Morgan fingerprint density at radius 3 is 2.38 bits per heavy atom. The highest BCUT2D eigenvalue weighted by molar-refractivity contribution is 7.92. The zero-order valence-corrected chi connectivity index (χ0v) is 12.5. The summed E-state index contributed by atoms with van der Waals surface area (Å²) in [5.74, 6) is 0. The number of rotatable bonds is 5. The van der Waals surface area contributed by atoms with E-state index in [0.717, 1.165) is 18.4 Å². The molecule has 0 aliphatic carbocycles. The van der Waals surface area contributed by atoms with Gasteiger partial charge in [-0.2, -0.15) is 5.26 Å². The van der Waals surface area contributed by atoms with Gasteiger partial charge in [0.2, 0.25) is 0 Å². The van der Waals surface area contributed by atoms with Crippen molar-refractivity contribution in [2.75, 3.05) is 4.72 Å². The minimum atomic E-state index is -3.75. The number of hydrogen-bond donors (Lipinski definition) is 1. The van der Waals surface area contributed by atoms with Crippen molar-refractivity contribution in [1.82, 2.24) is 0 Å². The predicted octanol–water partition coefficient (Wildman–Crippen LogP) is 3.31. The zero-order chi connectivity index (χ0) is 15.3. The van der Waals surface area contributed by atoms with Crippen LogP contribution in [0.4, 0.5) is 5.69 Å². The molecule has 0 unspecified atom stereocenters. The normalized spacial score (nSPS) is 10.9. The second-order valence-electron chi connectivity index (χ2n) is 4.66. The van der Waals surface area contributed by atoms with Crippen LogP contribution in [0.25, 0.3) is 0 Å². The van der Waals surface area contributed by atoms with E-state index >= 15 is 0 Å². The van der Waals surface area contributed by atoms with E-state index < -0.39 is 10.0 Å². The molecule has 0 saturated carbocycles. The number of aryl methyl sites for hydroxylation is 1. The van der Waals surface area contributed by atoms with Crippen molar-refractivity contribution in [1.29, 1.82) is 5.26 Å². The molecule has 1 N–H and O–H groups in total. The van der Waals surface area contributed by atoms with Gasteiger partial charge >= 0.3 is 0 Å². The molecule has 0 saturated heterocycles. The molecule has 0 heterocycles. The molecule has 0 amide bonds. The molecule has 2 aromatic rings. The van der Waals surface area contributed by atoms with Crippen molar-refractivity contribution in [3.63, 3.8) is 0 Å². The van der Waals surface area contributed by atoms with Gasteiger partial charge in [-0.15, -0.1) is 0 Å². The number of nitrogens with zero attached hydrogens (tertiary/aromatic N) is 1. The first-order chi connectivity index (χ1) is 10.1. The van der Waals surface area contributed by atoms with Gasteiger partial charge in [0.05, 0.1) is 5.56 Å². The third kappa shape index (κ3) is 3.61. The first-order valence-corrected chi connectivity index (χ1v) is 8.16. The fraction of sp³-hybridized carbons (Fsp3) is 0.188. The lowest BCUT2D eigenvalue weighted by atomic mass is 10.1. The van der Waals surface area contributed by atoms with Crippen LogP contribution in [0.5, 0.6) is 0 Å². The fourth-order valence-corrected chi connectivity index (χ4v) is 3.25. The Hall–Kier alpha value is -2.32. The van der Waals surface area contributed by atoms with E-state index in [2.05, 4.69) is 11.6 Å². The summed E-state index contributed by atoms with van der Waals surface area (Å²) in [7, 11) is -3.75. The molecule has 21 heavy (non-hydrogen) atoms. The lowest BCUT2D eigenvalue weighted by Crippen LogP contribution is -2.14. The van der Waals surface area contributed by atoms with E-state index in [1.54, 1.807) is 24.3 Å². The molecule has 2 rings (SSSR count). The highest BCUT2D eigenvalue weighted by atomic mass is 32.2. The predicted molar refractivity (Wildman–Crippen MR) is 82.4 cm³/mol. The number of hydrogen-bond acceptors (Lipinski definition) is 3. The Morgan fingerprint density at radius 2 is 1.76 bits per heavy atom. The van der Waals surface area contributed by atoms with E-state index in [4.69, 9.17) is 5.26 Å². The molecule has 0 aromatic heterocycles. The summed E-state index contributed by atoms with van der Waals surface area (Å²) >= 11 is 0. The molecule has 0 spiro atoms. The van der Waals surface area contributed by atoms with Gasteiger partial charge in [-0.1, -0.05) is 37.6 Å². The van der Waals surface area contributed by atoms with Gasteiger partial charge in [0.15, 0.2) is 0 Å². The van der Waals surface area contributed by atoms with Crippen LogP contribution in [-0.2, 0) is 16.4 Å². The van der Waals surface area contributed by atoms with Crippen LogP contribution in [-0.4, -0.2) is 8.42 Å². The summed E-state index contributed by atoms with van der Waals surface area (Å²) in [5.41, 5.74) is 1.79. The van der Waals surface area contributed by atoms with E-state index in [1.165, 1.54) is 12.1 Å². The van der Waals surface area contributed by atoms with Crippen molar-refractivity contribution in [2.45, 2.75) is 24.7 Å². The summed E-state index contributed by atoms with van der Waals surface area (Å²) in [5, 5.41) is 9.00. The van der Waals surface area contributed by atoms with Crippen LogP contribution >= 0.6 is 0 Å². The second-order valence-corrected chi connectivity index (χ2v) is 6.31. The SMILES string of the molecule is CCCc1ccc(NS(=O)(=O)c2ccccc2C#N)cc1. The Bertz CT molecular complexity index is 760. The molecule has 4 nitrogen and oxygen atoms in total. The standard InChI is InChI=1S/C16H16N2O2S/c1-2-5-13-8-10-15(11-9-13)18-21(19,20)16-7-4-3-6-14(16)12-17/h3-4,6-11,18H,2,5H2,1H3. The van der Waals surface area contributed by atoms with Gasteiger partial charge < -0.3 is 0 Å². The van der Waals surface area contributed by atoms with Gasteiger partial charge in [-0.05, 0) is 36.2 Å². The van der Waals surface area contributed by atoms with Crippen LogP contribution in [0.2, 0.25) is 0 Å². The van der Waals surface area contributed by atoms with Gasteiger partial charge in [-0.3, -0.25) is 4.72 Å². The Kier molecular flexibility index (Phi) is 4.61. The Balaban J connectivity index is 2.27. The molecule has 0 fully saturated rings. The minimum Gasteiger partial charge on any atom is -0.280 e. The lowest BCUT2D eigenvalue weighted by molar-refractivity contribution is 0.601. The second kappa shape index (κ2) is 6.42. The summed E-state index contributed by atoms with van der Waals surface area (Å²) in [6.45, 7) is 2.09. The van der Waals surface area contributed by atoms with Crippen LogP contribution in [0, 0.1) is 11.3 Å². The molecular formula is C16H16N2O2S. The van der Waals surface area contributed by atoms with Crippen molar-refractivity contribution >= 4 is 15.7 Å². The highest BCUT2D eigenvalue weighted by Crippen LogP contribution is 2.19. The molecule has 2 aromatic carbocycles. The van der Waals surface area contributed by atoms with Crippen molar-refractivity contribution in [3.8, 4) is 6.07 Å². The summed E-state index contributed by atoms with van der Waals surface area (Å²) in [6.07, 6.45) is 2.00. The van der Waals surface area contributed by atoms with Crippen LogP contribution in [0.3, 0.4) is 0 Å². The number of sulfonamides is 1. The van der Waals surface area contributed by atoms with E-state index in [9.17, 15) is 8.42 Å². The monoisotopic (exact) mass is 300 g/mol. The highest BCUT2D eigenvalue weighted by Gasteiger charge is 2.18. The molecule has 0 aliphatic rings. The van der Waals surface area contributed by atoms with Crippen molar-refractivity contribution in [3.05, 3.63) is 59.7 Å². The maximum Gasteiger partial charge on any atom is 0.263 e. The maximum absolute atomic E-state index is 12.3. The number of anilines is 1. The average molecular weight is 300 g/mol. The third-order valence-electron chi connectivity index (χ3n) is 3.04. The molecule has 5 heteroatoms. The quantitative estimate of drug-likeness (QED) is 0.921. The van der Waals surface area contributed by atoms with Gasteiger partial charge in [-0.25, -0.2) is 8.42 Å². The molecule has 108 valence electrons. The Labute approximate surface area is 125 Å². The van der Waals surface area contributed by atoms with Crippen LogP contribution in [0.15, 0.2) is 53.4 Å². The van der Waals surface area contributed by atoms with Crippen molar-refractivity contribution < 1.29 is 8.42 Å². The van der Waals surface area contributed by atoms with Gasteiger partial charge in [0, 0.05) is 5.69 Å². The van der Waals surface area contributed by atoms with Crippen LogP contribution in [0.1, 0.15) is 24.5 Å². The number of nitriles is 1. The molecule has 0 bridgehead atoms. The van der Waals surface area contributed by atoms with Gasteiger partial charge in [0.25, 0.3) is 10.0 Å². The van der Waals surface area contributed by atoms with E-state index in [-0.39, 0.29) is 10.5 Å². The zero-order valence-electron chi connectivity index (χ0n) is 11.7. The third-order valence-corrected chi connectivity index (χ3v) is 4.48. The van der Waals surface area contributed by atoms with E-state index in [0.29, 0.717) is 5.69 Å². The van der Waals surface area contributed by atoms with Crippen molar-refractivity contribution in [2.24, 2.45) is 0 Å². The molecule has 0 aliphatic heterocycles. The molecule has 0 radical (unpaired) electrons. The summed E-state index contributed by atoms with van der Waals surface area (Å²) < 4.78 is 27.2. The molecule has 0 atom stereocenters. The fourth-order valence-electron chi connectivity index (χ4n) is 2.03. The lowest BCUT2D eigenvalue weighted by Gasteiger charge is -2.09.